The highest BCUT2D eigenvalue weighted by atomic mass is 19.4. The van der Waals surface area contributed by atoms with Crippen LogP contribution in [-0.2, 0) is 0 Å². The fourth-order valence-electron chi connectivity index (χ4n) is 1.15. The van der Waals surface area contributed by atoms with Crippen LogP contribution in [0.4, 0.5) is 13.2 Å². The first-order valence-electron chi connectivity index (χ1n) is 3.45. The molecule has 0 saturated carbocycles. The Labute approximate surface area is 62.5 Å². The first kappa shape index (κ1) is 8.59. The highest BCUT2D eigenvalue weighted by Gasteiger charge is 2.40. The molecule has 1 atom stereocenters. The van der Waals surface area contributed by atoms with Gasteiger partial charge in [0.2, 0.25) is 0 Å². The fraction of sp³-hybridized carbons (Fsp3) is 0.714. The second kappa shape index (κ2) is 2.85. The van der Waals surface area contributed by atoms with Gasteiger partial charge in [0.05, 0.1) is 0 Å². The van der Waals surface area contributed by atoms with Crippen molar-refractivity contribution < 1.29 is 18.3 Å². The van der Waals surface area contributed by atoms with Crippen LogP contribution in [0.2, 0.25) is 0 Å². The second-order valence-electron chi connectivity index (χ2n) is 2.62. The third kappa shape index (κ3) is 1.96. The normalized spacial score (nSPS) is 21.6. The molecule has 1 unspecified atom stereocenters. The van der Waals surface area contributed by atoms with Crippen molar-refractivity contribution in [2.24, 2.45) is 0 Å². The molecule has 4 heteroatoms. The summed E-state index contributed by atoms with van der Waals surface area (Å²) in [7, 11) is 0. The summed E-state index contributed by atoms with van der Waals surface area (Å²) in [6, 6.07) is 0. The highest BCUT2D eigenvalue weighted by Crippen LogP contribution is 2.31. The van der Waals surface area contributed by atoms with Crippen molar-refractivity contribution in [1.82, 2.24) is 0 Å². The quantitative estimate of drug-likeness (QED) is 0.591. The van der Waals surface area contributed by atoms with Gasteiger partial charge in [0.25, 0.3) is 0 Å². The Morgan fingerprint density at radius 1 is 1.45 bits per heavy atom. The zero-order valence-electron chi connectivity index (χ0n) is 5.86. The van der Waals surface area contributed by atoms with Crippen molar-refractivity contribution in [3.63, 3.8) is 0 Å². The SMILES string of the molecule is OC(C1=CCCC1)C(F)(F)F. The minimum absolute atomic E-state index is 0.123. The molecule has 0 aromatic rings. The lowest BCUT2D eigenvalue weighted by molar-refractivity contribution is -0.191. The monoisotopic (exact) mass is 166 g/mol. The van der Waals surface area contributed by atoms with Gasteiger partial charge in [-0.05, 0) is 24.8 Å². The van der Waals surface area contributed by atoms with Crippen LogP contribution in [-0.4, -0.2) is 17.4 Å². The van der Waals surface area contributed by atoms with E-state index in [0.717, 1.165) is 6.42 Å². The van der Waals surface area contributed by atoms with Crippen LogP contribution in [0.5, 0.6) is 0 Å². The lowest BCUT2D eigenvalue weighted by Crippen LogP contribution is -2.29. The summed E-state index contributed by atoms with van der Waals surface area (Å²) in [5, 5.41) is 8.69. The Hall–Kier alpha value is -0.510. The van der Waals surface area contributed by atoms with Crippen LogP contribution < -0.4 is 0 Å². The molecular weight excluding hydrogens is 157 g/mol. The van der Waals surface area contributed by atoms with E-state index in [0.29, 0.717) is 12.8 Å². The smallest absolute Gasteiger partial charge is 0.379 e. The maximum atomic E-state index is 11.8. The molecule has 0 spiro atoms. The zero-order chi connectivity index (χ0) is 8.48. The molecule has 0 aromatic carbocycles. The number of allylic oxidation sites excluding steroid dienone is 1. The third-order valence-corrected chi connectivity index (χ3v) is 1.74. The standard InChI is InChI=1S/C7H9F3O/c8-7(9,10)6(11)5-3-1-2-4-5/h3,6,11H,1-2,4H2. The van der Waals surface area contributed by atoms with Gasteiger partial charge in [0, 0.05) is 0 Å². The van der Waals surface area contributed by atoms with Crippen molar-refractivity contribution in [3.05, 3.63) is 11.6 Å². The summed E-state index contributed by atoms with van der Waals surface area (Å²) in [5.74, 6) is 0. The Bertz CT molecular complexity index is 171. The molecule has 1 rings (SSSR count). The van der Waals surface area contributed by atoms with Crippen LogP contribution >= 0.6 is 0 Å². The summed E-state index contributed by atoms with van der Waals surface area (Å²) in [4.78, 5) is 0. The number of aliphatic hydroxyl groups is 1. The molecule has 0 saturated heterocycles. The van der Waals surface area contributed by atoms with Gasteiger partial charge in [-0.25, -0.2) is 0 Å². The number of alkyl halides is 3. The predicted molar refractivity (Wildman–Crippen MR) is 34.0 cm³/mol. The van der Waals surface area contributed by atoms with Gasteiger partial charge in [0.1, 0.15) is 0 Å². The van der Waals surface area contributed by atoms with Gasteiger partial charge in [-0.15, -0.1) is 0 Å². The summed E-state index contributed by atoms with van der Waals surface area (Å²) in [6.45, 7) is 0. The fourth-order valence-corrected chi connectivity index (χ4v) is 1.15. The van der Waals surface area contributed by atoms with E-state index in [1.807, 2.05) is 0 Å². The molecule has 0 heterocycles. The molecule has 0 aromatic heterocycles. The molecule has 1 nitrogen and oxygen atoms in total. The van der Waals surface area contributed by atoms with Crippen molar-refractivity contribution >= 4 is 0 Å². The average molecular weight is 166 g/mol. The Morgan fingerprint density at radius 2 is 2.09 bits per heavy atom. The minimum Gasteiger partial charge on any atom is -0.379 e. The molecular formula is C7H9F3O. The van der Waals surface area contributed by atoms with Crippen LogP contribution in [0.15, 0.2) is 11.6 Å². The Balaban J connectivity index is 2.60. The molecule has 1 aliphatic rings. The van der Waals surface area contributed by atoms with E-state index in [1.165, 1.54) is 6.08 Å². The molecule has 0 bridgehead atoms. The lowest BCUT2D eigenvalue weighted by atomic mass is 10.1. The van der Waals surface area contributed by atoms with Gasteiger partial charge in [-0.2, -0.15) is 13.2 Å². The maximum absolute atomic E-state index is 11.8. The third-order valence-electron chi connectivity index (χ3n) is 1.74. The highest BCUT2D eigenvalue weighted by molar-refractivity contribution is 5.14. The summed E-state index contributed by atoms with van der Waals surface area (Å²) in [6.07, 6.45) is -3.50. The van der Waals surface area contributed by atoms with E-state index in [1.54, 1.807) is 0 Å². The number of aliphatic hydroxyl groups excluding tert-OH is 1. The van der Waals surface area contributed by atoms with Crippen LogP contribution in [0.3, 0.4) is 0 Å². The first-order valence-corrected chi connectivity index (χ1v) is 3.45. The van der Waals surface area contributed by atoms with Gasteiger partial charge in [-0.1, -0.05) is 6.08 Å². The average Bonchev–Trinajstić information content (AvgIpc) is 2.34. The van der Waals surface area contributed by atoms with E-state index in [4.69, 9.17) is 5.11 Å². The molecule has 0 fully saturated rings. The molecule has 1 N–H and O–H groups in total. The van der Waals surface area contributed by atoms with Gasteiger partial charge >= 0.3 is 6.18 Å². The topological polar surface area (TPSA) is 20.2 Å². The molecule has 64 valence electrons. The molecule has 0 amide bonds. The van der Waals surface area contributed by atoms with E-state index in [2.05, 4.69) is 0 Å². The van der Waals surface area contributed by atoms with Crippen molar-refractivity contribution in [3.8, 4) is 0 Å². The van der Waals surface area contributed by atoms with Crippen molar-refractivity contribution in [2.75, 3.05) is 0 Å². The number of rotatable bonds is 1. The summed E-state index contributed by atoms with van der Waals surface area (Å²) < 4.78 is 35.4. The van der Waals surface area contributed by atoms with Gasteiger partial charge < -0.3 is 5.11 Å². The number of hydrogen-bond acceptors (Lipinski definition) is 1. The van der Waals surface area contributed by atoms with Crippen LogP contribution in [0.25, 0.3) is 0 Å². The largest absolute Gasteiger partial charge is 0.418 e. The summed E-state index contributed by atoms with van der Waals surface area (Å²) >= 11 is 0. The maximum Gasteiger partial charge on any atom is 0.418 e. The second-order valence-corrected chi connectivity index (χ2v) is 2.62. The molecule has 0 radical (unpaired) electrons. The number of halogens is 3. The van der Waals surface area contributed by atoms with E-state index >= 15 is 0 Å². The minimum atomic E-state index is -4.49. The van der Waals surface area contributed by atoms with Crippen molar-refractivity contribution in [2.45, 2.75) is 31.5 Å². The van der Waals surface area contributed by atoms with E-state index < -0.39 is 12.3 Å². The summed E-state index contributed by atoms with van der Waals surface area (Å²) in [5.41, 5.74) is 0.123. The first-order chi connectivity index (χ1) is 5.02. The Morgan fingerprint density at radius 3 is 2.45 bits per heavy atom. The molecule has 1 aliphatic carbocycles. The van der Waals surface area contributed by atoms with Crippen molar-refractivity contribution in [1.29, 1.82) is 0 Å². The zero-order valence-corrected chi connectivity index (χ0v) is 5.86. The van der Waals surface area contributed by atoms with Gasteiger partial charge in [0.15, 0.2) is 6.10 Å². The van der Waals surface area contributed by atoms with Crippen LogP contribution in [0, 0.1) is 0 Å². The van der Waals surface area contributed by atoms with Gasteiger partial charge in [-0.3, -0.25) is 0 Å². The molecule has 0 aliphatic heterocycles. The molecule has 11 heavy (non-hydrogen) atoms. The lowest BCUT2D eigenvalue weighted by Gasteiger charge is -2.14. The van der Waals surface area contributed by atoms with E-state index in [-0.39, 0.29) is 5.57 Å². The number of hydrogen-bond donors (Lipinski definition) is 1. The van der Waals surface area contributed by atoms with E-state index in [9.17, 15) is 13.2 Å². The van der Waals surface area contributed by atoms with Crippen LogP contribution in [0.1, 0.15) is 19.3 Å². The predicted octanol–water partition coefficient (Wildman–Crippen LogP) is 2.02. The Kier molecular flexibility index (Phi) is 2.23.